The van der Waals surface area contributed by atoms with E-state index in [1.54, 1.807) is 14.2 Å². The Morgan fingerprint density at radius 1 is 1.07 bits per heavy atom. The summed E-state index contributed by atoms with van der Waals surface area (Å²) in [4.78, 5) is 25.1. The predicted octanol–water partition coefficient (Wildman–Crippen LogP) is 2.32. The van der Waals surface area contributed by atoms with Gasteiger partial charge in [-0.05, 0) is 31.4 Å². The first kappa shape index (κ1) is 19.7. The minimum Gasteiger partial charge on any atom is -0.371 e. The van der Waals surface area contributed by atoms with Gasteiger partial charge in [-0.1, -0.05) is 0 Å². The van der Waals surface area contributed by atoms with E-state index in [0.717, 1.165) is 12.8 Å². The third-order valence-electron chi connectivity index (χ3n) is 5.41. The Labute approximate surface area is 156 Å². The van der Waals surface area contributed by atoms with Crippen LogP contribution >= 0.6 is 0 Å². The highest BCUT2D eigenvalue weighted by Gasteiger charge is 2.33. The molecule has 148 valence electrons. The average Bonchev–Trinajstić information content (AvgIpc) is 2.64. The smallest absolute Gasteiger partial charge is 0.234 e. The molecule has 27 heavy (non-hydrogen) atoms. The van der Waals surface area contributed by atoms with Gasteiger partial charge in [0.15, 0.2) is 6.29 Å². The van der Waals surface area contributed by atoms with Crippen molar-refractivity contribution in [3.8, 4) is 0 Å². The highest BCUT2D eigenvalue weighted by Crippen LogP contribution is 2.34. The number of hydrogen-bond acceptors (Lipinski definition) is 5. The molecule has 0 spiro atoms. The fourth-order valence-electron chi connectivity index (χ4n) is 3.97. The fraction of sp³-hybridized carbons (Fsp3) is 0.579. The first-order chi connectivity index (χ1) is 12.9. The maximum absolute atomic E-state index is 14.7. The minimum atomic E-state index is -0.980. The molecule has 3 rings (SSSR count). The lowest BCUT2D eigenvalue weighted by molar-refractivity contribution is -0.141. The van der Waals surface area contributed by atoms with Crippen molar-refractivity contribution in [3.63, 3.8) is 0 Å². The van der Waals surface area contributed by atoms with E-state index < -0.39 is 29.4 Å². The standard InChI is InChI=1S/C19H24F2N2O4/c1-26-19(27-2)11-5-7-23(8-6-11)12-9-14(20)17(15(21)10-12)13-3-4-16(24)22-18(13)25/h9-11,13,19H,3-8H2,1-2H3,(H,22,24,25). The van der Waals surface area contributed by atoms with Gasteiger partial charge in [0.05, 0.1) is 5.92 Å². The molecule has 0 aromatic heterocycles. The molecule has 2 amide bonds. The molecule has 1 aromatic carbocycles. The highest BCUT2D eigenvalue weighted by atomic mass is 19.1. The quantitative estimate of drug-likeness (QED) is 0.625. The molecule has 2 fully saturated rings. The number of carbonyl (C=O) groups excluding carboxylic acids is 2. The van der Waals surface area contributed by atoms with Gasteiger partial charge in [-0.3, -0.25) is 14.9 Å². The predicted molar refractivity (Wildman–Crippen MR) is 94.2 cm³/mol. The summed E-state index contributed by atoms with van der Waals surface area (Å²) in [7, 11) is 3.19. The van der Waals surface area contributed by atoms with Gasteiger partial charge in [-0.2, -0.15) is 0 Å². The van der Waals surface area contributed by atoms with Gasteiger partial charge < -0.3 is 14.4 Å². The highest BCUT2D eigenvalue weighted by molar-refractivity contribution is 6.01. The van der Waals surface area contributed by atoms with Crippen LogP contribution in [0.4, 0.5) is 14.5 Å². The number of carbonyl (C=O) groups is 2. The molecular formula is C19H24F2N2O4. The van der Waals surface area contributed by atoms with Crippen LogP contribution in [-0.4, -0.2) is 45.4 Å². The van der Waals surface area contributed by atoms with Crippen molar-refractivity contribution in [1.82, 2.24) is 5.32 Å². The van der Waals surface area contributed by atoms with Gasteiger partial charge in [-0.25, -0.2) is 8.78 Å². The molecule has 0 aliphatic carbocycles. The van der Waals surface area contributed by atoms with Crippen LogP contribution in [0.5, 0.6) is 0 Å². The molecule has 0 bridgehead atoms. The first-order valence-corrected chi connectivity index (χ1v) is 9.07. The van der Waals surface area contributed by atoms with E-state index in [2.05, 4.69) is 5.32 Å². The van der Waals surface area contributed by atoms with Crippen molar-refractivity contribution >= 4 is 17.5 Å². The monoisotopic (exact) mass is 382 g/mol. The number of rotatable bonds is 5. The molecule has 8 heteroatoms. The number of methoxy groups -OCH3 is 2. The number of nitrogens with zero attached hydrogens (tertiary/aromatic N) is 1. The van der Waals surface area contributed by atoms with E-state index in [1.807, 2.05) is 4.90 Å². The van der Waals surface area contributed by atoms with Crippen molar-refractivity contribution in [1.29, 1.82) is 0 Å². The van der Waals surface area contributed by atoms with E-state index in [1.165, 1.54) is 12.1 Å². The molecule has 1 aromatic rings. The Bertz CT molecular complexity index is 693. The zero-order chi connectivity index (χ0) is 19.6. The zero-order valence-electron chi connectivity index (χ0n) is 15.5. The minimum absolute atomic E-state index is 0.0741. The van der Waals surface area contributed by atoms with E-state index in [9.17, 15) is 18.4 Å². The number of hydrogen-bond donors (Lipinski definition) is 1. The molecule has 2 saturated heterocycles. The maximum Gasteiger partial charge on any atom is 0.234 e. The number of amides is 2. The topological polar surface area (TPSA) is 67.9 Å². The lowest BCUT2D eigenvalue weighted by atomic mass is 9.89. The van der Waals surface area contributed by atoms with E-state index in [0.29, 0.717) is 18.8 Å². The number of nitrogens with one attached hydrogen (secondary N) is 1. The summed E-state index contributed by atoms with van der Waals surface area (Å²) in [6.07, 6.45) is 1.47. The van der Waals surface area contributed by atoms with Crippen LogP contribution in [-0.2, 0) is 19.1 Å². The van der Waals surface area contributed by atoms with Crippen LogP contribution in [0.1, 0.15) is 37.2 Å². The normalized spacial score (nSPS) is 21.7. The number of halogens is 2. The summed E-state index contributed by atoms with van der Waals surface area (Å²) in [5.74, 6) is -3.33. The molecule has 1 unspecified atom stereocenters. The Balaban J connectivity index is 1.74. The summed E-state index contributed by atoms with van der Waals surface area (Å²) in [5, 5.41) is 2.14. The first-order valence-electron chi connectivity index (χ1n) is 9.07. The summed E-state index contributed by atoms with van der Waals surface area (Å²) in [6.45, 7) is 1.26. The lowest BCUT2D eigenvalue weighted by Gasteiger charge is -2.36. The average molecular weight is 382 g/mol. The molecule has 2 aliphatic rings. The third kappa shape index (κ3) is 4.11. The Kier molecular flexibility index (Phi) is 6.06. The largest absolute Gasteiger partial charge is 0.371 e. The molecule has 2 aliphatic heterocycles. The molecule has 6 nitrogen and oxygen atoms in total. The lowest BCUT2D eigenvalue weighted by Crippen LogP contribution is -2.40. The van der Waals surface area contributed by atoms with Crippen molar-refractivity contribution in [2.45, 2.75) is 37.9 Å². The second-order valence-electron chi connectivity index (χ2n) is 6.99. The second-order valence-corrected chi connectivity index (χ2v) is 6.99. The third-order valence-corrected chi connectivity index (χ3v) is 5.41. The SMILES string of the molecule is COC(OC)C1CCN(c2cc(F)c(C3CCC(=O)NC3=O)c(F)c2)CC1. The number of benzene rings is 1. The molecule has 0 saturated carbocycles. The van der Waals surface area contributed by atoms with Gasteiger partial charge in [0, 0.05) is 50.9 Å². The fourth-order valence-corrected chi connectivity index (χ4v) is 3.97. The maximum atomic E-state index is 14.7. The molecule has 1 atom stereocenters. The van der Waals surface area contributed by atoms with E-state index >= 15 is 0 Å². The van der Waals surface area contributed by atoms with Crippen molar-refractivity contribution in [3.05, 3.63) is 29.3 Å². The van der Waals surface area contributed by atoms with Gasteiger partial charge in [0.25, 0.3) is 0 Å². The number of ether oxygens (including phenoxy) is 2. The summed E-state index contributed by atoms with van der Waals surface area (Å²) < 4.78 is 39.9. The number of piperidine rings is 2. The molecular weight excluding hydrogens is 358 g/mol. The second kappa shape index (κ2) is 8.31. The van der Waals surface area contributed by atoms with Crippen LogP contribution in [0.2, 0.25) is 0 Å². The van der Waals surface area contributed by atoms with Crippen LogP contribution in [0.25, 0.3) is 0 Å². The van der Waals surface area contributed by atoms with Crippen LogP contribution < -0.4 is 10.2 Å². The number of anilines is 1. The summed E-state index contributed by atoms with van der Waals surface area (Å²) in [5.41, 5.74) is 0.184. The van der Waals surface area contributed by atoms with Crippen molar-refractivity contribution in [2.24, 2.45) is 5.92 Å². The van der Waals surface area contributed by atoms with E-state index in [-0.39, 0.29) is 30.6 Å². The van der Waals surface area contributed by atoms with Gasteiger partial charge >= 0.3 is 0 Å². The Morgan fingerprint density at radius 2 is 1.67 bits per heavy atom. The zero-order valence-corrected chi connectivity index (χ0v) is 15.5. The summed E-state index contributed by atoms with van der Waals surface area (Å²) >= 11 is 0. The van der Waals surface area contributed by atoms with Crippen LogP contribution in [0, 0.1) is 17.6 Å². The van der Waals surface area contributed by atoms with Gasteiger partial charge in [-0.15, -0.1) is 0 Å². The Hall–Kier alpha value is -2.06. The van der Waals surface area contributed by atoms with Crippen molar-refractivity contribution in [2.75, 3.05) is 32.2 Å². The molecule has 1 N–H and O–H groups in total. The van der Waals surface area contributed by atoms with Crippen LogP contribution in [0.3, 0.4) is 0 Å². The number of imide groups is 1. The van der Waals surface area contributed by atoms with E-state index in [4.69, 9.17) is 9.47 Å². The molecule has 0 radical (unpaired) electrons. The summed E-state index contributed by atoms with van der Waals surface area (Å²) in [6, 6.07) is 2.54. The van der Waals surface area contributed by atoms with Gasteiger partial charge in [0.1, 0.15) is 11.6 Å². The van der Waals surface area contributed by atoms with Gasteiger partial charge in [0.2, 0.25) is 11.8 Å². The van der Waals surface area contributed by atoms with Crippen LogP contribution in [0.15, 0.2) is 12.1 Å². The van der Waals surface area contributed by atoms with Crippen molar-refractivity contribution < 1.29 is 27.8 Å². The molecule has 2 heterocycles. The Morgan fingerprint density at radius 3 is 2.19 bits per heavy atom.